The Balaban J connectivity index is 1.59. The highest BCUT2D eigenvalue weighted by atomic mass is 16.3. The summed E-state index contributed by atoms with van der Waals surface area (Å²) in [5.41, 5.74) is 13.6. The maximum absolute atomic E-state index is 10.1. The van der Waals surface area contributed by atoms with Gasteiger partial charge in [0.15, 0.2) is 6.20 Å². The first kappa shape index (κ1) is 23.7. The summed E-state index contributed by atoms with van der Waals surface area (Å²) in [4.78, 5) is 0. The molecule has 3 heteroatoms. The lowest BCUT2D eigenvalue weighted by atomic mass is 9.91. The number of rotatable bonds is 3. The molecular weight excluding hydrogens is 464 g/mol. The predicted octanol–water partition coefficient (Wildman–Crippen LogP) is 8.52. The van der Waals surface area contributed by atoms with Gasteiger partial charge in [0.05, 0.1) is 17.2 Å². The Kier molecular flexibility index (Phi) is 5.62. The second-order valence-electron chi connectivity index (χ2n) is 10.3. The molecule has 0 aliphatic heterocycles. The van der Waals surface area contributed by atoms with Crippen molar-refractivity contribution in [2.45, 2.75) is 27.7 Å². The van der Waals surface area contributed by atoms with Crippen molar-refractivity contribution in [1.82, 2.24) is 0 Å². The molecule has 0 spiro atoms. The summed E-state index contributed by atoms with van der Waals surface area (Å²) >= 11 is 0. The van der Waals surface area contributed by atoms with E-state index in [0.717, 1.165) is 49.9 Å². The fourth-order valence-corrected chi connectivity index (χ4v) is 5.92. The average molecular weight is 494 g/mol. The van der Waals surface area contributed by atoms with E-state index < -0.39 is 0 Å². The van der Waals surface area contributed by atoms with Crippen molar-refractivity contribution in [2.24, 2.45) is 7.05 Å². The summed E-state index contributed by atoms with van der Waals surface area (Å²) in [7, 11) is 2.05. The van der Waals surface area contributed by atoms with Gasteiger partial charge in [0.1, 0.15) is 18.2 Å². The summed E-state index contributed by atoms with van der Waals surface area (Å²) in [5.74, 6) is 0. The quantitative estimate of drug-likeness (QED) is 0.232. The maximum atomic E-state index is 10.1. The molecule has 0 aliphatic rings. The standard InChI is InChI=1S/C35H29N2O/c1-21-18-23(3)31(24(4)19-21)25-10-12-26(13-11-25)33-27(20-36)14-16-29-28-15-9-22(2)32(34(28)38-35(29)33)30-8-6-7-17-37(30)5/h6-19H,1-5H3/q+1. The van der Waals surface area contributed by atoms with Crippen LogP contribution < -0.4 is 4.57 Å². The van der Waals surface area contributed by atoms with Crippen LogP contribution in [-0.4, -0.2) is 0 Å². The minimum atomic E-state index is 0.607. The van der Waals surface area contributed by atoms with Crippen LogP contribution in [0.1, 0.15) is 27.8 Å². The molecule has 2 aromatic heterocycles. The first-order valence-corrected chi connectivity index (χ1v) is 12.9. The Hall–Kier alpha value is -4.68. The molecule has 0 amide bonds. The maximum Gasteiger partial charge on any atom is 0.216 e. The zero-order valence-electron chi connectivity index (χ0n) is 22.4. The van der Waals surface area contributed by atoms with Crippen LogP contribution in [0.25, 0.3) is 55.4 Å². The van der Waals surface area contributed by atoms with Crippen molar-refractivity contribution in [1.29, 1.82) is 5.26 Å². The molecule has 3 nitrogen and oxygen atoms in total. The molecule has 6 rings (SSSR count). The Labute approximate surface area is 223 Å². The summed E-state index contributed by atoms with van der Waals surface area (Å²) in [6.45, 7) is 8.58. The Morgan fingerprint density at radius 2 is 1.26 bits per heavy atom. The van der Waals surface area contributed by atoms with Crippen molar-refractivity contribution >= 4 is 21.9 Å². The van der Waals surface area contributed by atoms with Gasteiger partial charge in [-0.25, -0.2) is 4.57 Å². The monoisotopic (exact) mass is 493 g/mol. The average Bonchev–Trinajstić information content (AvgIpc) is 3.27. The van der Waals surface area contributed by atoms with Crippen LogP contribution in [0.3, 0.4) is 0 Å². The van der Waals surface area contributed by atoms with Crippen LogP contribution in [0.15, 0.2) is 89.5 Å². The third-order valence-electron chi connectivity index (χ3n) is 7.59. The third-order valence-corrected chi connectivity index (χ3v) is 7.59. The first-order chi connectivity index (χ1) is 18.4. The van der Waals surface area contributed by atoms with E-state index in [4.69, 9.17) is 4.42 Å². The van der Waals surface area contributed by atoms with Crippen LogP contribution in [0, 0.1) is 39.0 Å². The van der Waals surface area contributed by atoms with E-state index >= 15 is 0 Å². The van der Waals surface area contributed by atoms with Gasteiger partial charge in [-0.3, -0.25) is 0 Å². The zero-order chi connectivity index (χ0) is 26.6. The molecule has 0 saturated carbocycles. The van der Waals surface area contributed by atoms with Gasteiger partial charge in [0.25, 0.3) is 0 Å². The molecule has 0 N–H and O–H groups in total. The van der Waals surface area contributed by atoms with E-state index in [-0.39, 0.29) is 0 Å². The third kappa shape index (κ3) is 3.69. The number of fused-ring (bicyclic) bond motifs is 3. The van der Waals surface area contributed by atoms with Crippen molar-refractivity contribution in [3.63, 3.8) is 0 Å². The lowest BCUT2D eigenvalue weighted by Crippen LogP contribution is -2.30. The number of aryl methyl sites for hydroxylation is 5. The normalized spacial score (nSPS) is 11.3. The molecule has 184 valence electrons. The predicted molar refractivity (Wildman–Crippen MR) is 155 cm³/mol. The molecule has 0 bridgehead atoms. The number of aromatic nitrogens is 1. The van der Waals surface area contributed by atoms with Crippen LogP contribution in [-0.2, 0) is 7.05 Å². The number of pyridine rings is 1. The highest BCUT2D eigenvalue weighted by Gasteiger charge is 2.23. The molecule has 38 heavy (non-hydrogen) atoms. The van der Waals surface area contributed by atoms with Gasteiger partial charge in [-0.2, -0.15) is 5.26 Å². The molecule has 0 atom stereocenters. The van der Waals surface area contributed by atoms with E-state index in [1.54, 1.807) is 0 Å². The highest BCUT2D eigenvalue weighted by molar-refractivity contribution is 6.14. The molecule has 4 aromatic carbocycles. The van der Waals surface area contributed by atoms with Gasteiger partial charge >= 0.3 is 0 Å². The molecule has 0 radical (unpaired) electrons. The highest BCUT2D eigenvalue weighted by Crippen LogP contribution is 2.42. The summed E-state index contributed by atoms with van der Waals surface area (Å²) in [5, 5.41) is 12.1. The molecule has 6 aromatic rings. The topological polar surface area (TPSA) is 40.8 Å². The van der Waals surface area contributed by atoms with Crippen molar-refractivity contribution in [3.05, 3.63) is 113 Å². The second kappa shape index (κ2) is 9.01. The molecule has 0 unspecified atom stereocenters. The largest absolute Gasteiger partial charge is 0.454 e. The van der Waals surface area contributed by atoms with Crippen molar-refractivity contribution < 1.29 is 8.98 Å². The number of nitrogens with zero attached hydrogens (tertiary/aromatic N) is 2. The Morgan fingerprint density at radius 3 is 1.89 bits per heavy atom. The molecular formula is C35H29N2O+. The Bertz CT molecular complexity index is 1890. The second-order valence-corrected chi connectivity index (χ2v) is 10.3. The Morgan fingerprint density at radius 1 is 0.658 bits per heavy atom. The smallest absolute Gasteiger partial charge is 0.216 e. The summed E-state index contributed by atoms with van der Waals surface area (Å²) in [6, 6.07) is 29.8. The van der Waals surface area contributed by atoms with Crippen LogP contribution >= 0.6 is 0 Å². The van der Waals surface area contributed by atoms with Crippen LogP contribution in [0.4, 0.5) is 0 Å². The van der Waals surface area contributed by atoms with Crippen LogP contribution in [0.2, 0.25) is 0 Å². The number of hydrogen-bond acceptors (Lipinski definition) is 2. The van der Waals surface area contributed by atoms with E-state index in [1.807, 2.05) is 18.2 Å². The van der Waals surface area contributed by atoms with Crippen molar-refractivity contribution in [2.75, 3.05) is 0 Å². The minimum Gasteiger partial charge on any atom is -0.454 e. The van der Waals surface area contributed by atoms with Crippen LogP contribution in [0.5, 0.6) is 0 Å². The number of furan rings is 1. The van der Waals surface area contributed by atoms with Gasteiger partial charge in [-0.15, -0.1) is 0 Å². The van der Waals surface area contributed by atoms with E-state index in [0.29, 0.717) is 5.56 Å². The number of hydrogen-bond donors (Lipinski definition) is 0. The van der Waals surface area contributed by atoms with Crippen molar-refractivity contribution in [3.8, 4) is 39.6 Å². The van der Waals surface area contributed by atoms with Gasteiger partial charge in [0.2, 0.25) is 5.69 Å². The zero-order valence-corrected chi connectivity index (χ0v) is 22.4. The summed E-state index contributed by atoms with van der Waals surface area (Å²) in [6.07, 6.45) is 2.05. The molecule has 0 aliphatic carbocycles. The van der Waals surface area contributed by atoms with E-state index in [1.165, 1.54) is 27.8 Å². The SMILES string of the molecule is Cc1cc(C)c(-c2ccc(-c3c(C#N)ccc4c3oc3c(-c5cccc[n+]5C)c(C)ccc34)cc2)c(C)c1. The fourth-order valence-electron chi connectivity index (χ4n) is 5.92. The van der Waals surface area contributed by atoms with Gasteiger partial charge < -0.3 is 4.42 Å². The molecule has 2 heterocycles. The molecule has 0 fully saturated rings. The lowest BCUT2D eigenvalue weighted by molar-refractivity contribution is -0.660. The van der Waals surface area contributed by atoms with E-state index in [2.05, 4.69) is 112 Å². The van der Waals surface area contributed by atoms with E-state index in [9.17, 15) is 5.26 Å². The first-order valence-electron chi connectivity index (χ1n) is 12.9. The van der Waals surface area contributed by atoms with Gasteiger partial charge in [0, 0.05) is 28.5 Å². The fraction of sp³-hybridized carbons (Fsp3) is 0.143. The lowest BCUT2D eigenvalue weighted by Gasteiger charge is -2.13. The minimum absolute atomic E-state index is 0.607. The molecule has 0 saturated heterocycles. The number of nitriles is 1. The summed E-state index contributed by atoms with van der Waals surface area (Å²) < 4.78 is 8.82. The number of benzene rings is 4. The van der Waals surface area contributed by atoms with Gasteiger partial charge in [-0.05, 0) is 79.3 Å². The van der Waals surface area contributed by atoms with Gasteiger partial charge in [-0.1, -0.05) is 54.1 Å².